The Hall–Kier alpha value is -1.80. The van der Waals surface area contributed by atoms with E-state index in [0.717, 1.165) is 0 Å². The van der Waals surface area contributed by atoms with Crippen molar-refractivity contribution in [3.63, 3.8) is 0 Å². The highest BCUT2D eigenvalue weighted by Gasteiger charge is 2.33. The standard InChI is InChI=1S/C17H24N2O5S/c1-18(11-14-12-23-15-7-3-4-8-16(15)24-14)17(20)13-6-5-9-19(10-13)25(2,21)22/h3-4,7-8,13-14H,5-6,9-12H2,1-2H3. The molecule has 138 valence electrons. The Kier molecular flexibility index (Phi) is 5.19. The zero-order valence-electron chi connectivity index (χ0n) is 14.6. The van der Waals surface area contributed by atoms with Gasteiger partial charge in [-0.05, 0) is 25.0 Å². The molecule has 0 bridgehead atoms. The van der Waals surface area contributed by atoms with Gasteiger partial charge in [-0.25, -0.2) is 12.7 Å². The number of carbonyl (C=O) groups is 1. The smallest absolute Gasteiger partial charge is 0.226 e. The molecule has 25 heavy (non-hydrogen) atoms. The number of fused-ring (bicyclic) bond motifs is 1. The highest BCUT2D eigenvalue weighted by atomic mass is 32.2. The average molecular weight is 368 g/mol. The molecule has 1 aromatic carbocycles. The number of hydrogen-bond donors (Lipinski definition) is 0. The fourth-order valence-electron chi connectivity index (χ4n) is 3.31. The van der Waals surface area contributed by atoms with Gasteiger partial charge in [0.15, 0.2) is 17.6 Å². The second-order valence-electron chi connectivity index (χ2n) is 6.68. The van der Waals surface area contributed by atoms with Crippen molar-refractivity contribution in [2.75, 3.05) is 39.5 Å². The van der Waals surface area contributed by atoms with Gasteiger partial charge in [0.05, 0.1) is 18.7 Å². The highest BCUT2D eigenvalue weighted by Crippen LogP contribution is 2.31. The Labute approximate surface area is 148 Å². The molecule has 8 heteroatoms. The zero-order chi connectivity index (χ0) is 18.0. The summed E-state index contributed by atoms with van der Waals surface area (Å²) in [5.74, 6) is 1.05. The number of benzene rings is 1. The molecule has 0 saturated carbocycles. The molecular weight excluding hydrogens is 344 g/mol. The number of amides is 1. The summed E-state index contributed by atoms with van der Waals surface area (Å²) in [6.45, 7) is 1.53. The fourth-order valence-corrected chi connectivity index (χ4v) is 4.22. The van der Waals surface area contributed by atoms with Gasteiger partial charge in [-0.2, -0.15) is 0 Å². The maximum atomic E-state index is 12.7. The van der Waals surface area contributed by atoms with Crippen LogP contribution in [0.3, 0.4) is 0 Å². The van der Waals surface area contributed by atoms with Gasteiger partial charge in [-0.3, -0.25) is 4.79 Å². The number of nitrogens with zero attached hydrogens (tertiary/aromatic N) is 2. The summed E-state index contributed by atoms with van der Waals surface area (Å²) in [5, 5.41) is 0. The molecule has 1 saturated heterocycles. The van der Waals surface area contributed by atoms with E-state index in [2.05, 4.69) is 0 Å². The van der Waals surface area contributed by atoms with E-state index in [4.69, 9.17) is 9.47 Å². The van der Waals surface area contributed by atoms with Gasteiger partial charge in [-0.1, -0.05) is 12.1 Å². The lowest BCUT2D eigenvalue weighted by atomic mass is 9.98. The summed E-state index contributed by atoms with van der Waals surface area (Å²) in [7, 11) is -1.53. The van der Waals surface area contributed by atoms with Crippen LogP contribution in [0, 0.1) is 5.92 Å². The van der Waals surface area contributed by atoms with Gasteiger partial charge in [0.25, 0.3) is 0 Å². The minimum absolute atomic E-state index is 0.0455. The third-order valence-electron chi connectivity index (χ3n) is 4.62. The third kappa shape index (κ3) is 4.24. The quantitative estimate of drug-likeness (QED) is 0.791. The van der Waals surface area contributed by atoms with Crippen molar-refractivity contribution in [1.29, 1.82) is 0 Å². The monoisotopic (exact) mass is 368 g/mol. The summed E-state index contributed by atoms with van der Waals surface area (Å²) < 4.78 is 36.4. The van der Waals surface area contributed by atoms with Crippen LogP contribution in [0.1, 0.15) is 12.8 Å². The summed E-state index contributed by atoms with van der Waals surface area (Å²) >= 11 is 0. The SMILES string of the molecule is CN(CC1COc2ccccc2O1)C(=O)C1CCCN(S(C)(=O)=O)C1. The normalized spacial score (nSPS) is 23.9. The Morgan fingerprint density at radius 3 is 2.76 bits per heavy atom. The van der Waals surface area contributed by atoms with Gasteiger partial charge in [0.2, 0.25) is 15.9 Å². The summed E-state index contributed by atoms with van der Waals surface area (Å²) in [6.07, 6.45) is 2.36. The Morgan fingerprint density at radius 1 is 1.32 bits per heavy atom. The first kappa shape index (κ1) is 18.0. The van der Waals surface area contributed by atoms with E-state index in [1.54, 1.807) is 11.9 Å². The van der Waals surface area contributed by atoms with E-state index in [9.17, 15) is 13.2 Å². The number of piperidine rings is 1. The van der Waals surface area contributed by atoms with Crippen LogP contribution in [0.5, 0.6) is 11.5 Å². The minimum Gasteiger partial charge on any atom is -0.486 e. The average Bonchev–Trinajstić information content (AvgIpc) is 2.60. The van der Waals surface area contributed by atoms with Crippen LogP contribution < -0.4 is 9.47 Å². The molecule has 0 N–H and O–H groups in total. The van der Waals surface area contributed by atoms with Gasteiger partial charge in [-0.15, -0.1) is 0 Å². The number of hydrogen-bond acceptors (Lipinski definition) is 5. The predicted octanol–water partition coefficient (Wildman–Crippen LogP) is 0.956. The number of sulfonamides is 1. The molecule has 0 radical (unpaired) electrons. The van der Waals surface area contributed by atoms with E-state index >= 15 is 0 Å². The predicted molar refractivity (Wildman–Crippen MR) is 93.1 cm³/mol. The second-order valence-corrected chi connectivity index (χ2v) is 8.66. The summed E-state index contributed by atoms with van der Waals surface area (Å²) in [6, 6.07) is 7.45. The van der Waals surface area contributed by atoms with E-state index in [1.807, 2.05) is 24.3 Å². The largest absolute Gasteiger partial charge is 0.486 e. The Bertz CT molecular complexity index is 736. The third-order valence-corrected chi connectivity index (χ3v) is 5.89. The zero-order valence-corrected chi connectivity index (χ0v) is 15.4. The molecular formula is C17H24N2O5S. The summed E-state index contributed by atoms with van der Waals surface area (Å²) in [5.41, 5.74) is 0. The van der Waals surface area contributed by atoms with Crippen LogP contribution in [-0.2, 0) is 14.8 Å². The van der Waals surface area contributed by atoms with Crippen LogP contribution >= 0.6 is 0 Å². The lowest BCUT2D eigenvalue weighted by molar-refractivity contribution is -0.136. The Morgan fingerprint density at radius 2 is 2.04 bits per heavy atom. The molecule has 0 aliphatic carbocycles. The van der Waals surface area contributed by atoms with E-state index < -0.39 is 10.0 Å². The van der Waals surface area contributed by atoms with Crippen molar-refractivity contribution >= 4 is 15.9 Å². The van der Waals surface area contributed by atoms with Gasteiger partial charge in [0, 0.05) is 20.1 Å². The first-order chi connectivity index (χ1) is 11.8. The van der Waals surface area contributed by atoms with Gasteiger partial charge < -0.3 is 14.4 Å². The first-order valence-electron chi connectivity index (χ1n) is 8.43. The molecule has 3 rings (SSSR count). The maximum absolute atomic E-state index is 12.7. The molecule has 2 atom stereocenters. The number of carbonyl (C=O) groups excluding carboxylic acids is 1. The van der Waals surface area contributed by atoms with Crippen molar-refractivity contribution in [3.8, 4) is 11.5 Å². The lowest BCUT2D eigenvalue weighted by Crippen LogP contribution is -2.48. The lowest BCUT2D eigenvalue weighted by Gasteiger charge is -2.34. The number of rotatable bonds is 4. The first-order valence-corrected chi connectivity index (χ1v) is 10.3. The minimum atomic E-state index is -3.26. The number of para-hydroxylation sites is 2. The maximum Gasteiger partial charge on any atom is 0.226 e. The molecule has 0 spiro atoms. The molecule has 1 fully saturated rings. The molecule has 1 aromatic rings. The van der Waals surface area contributed by atoms with E-state index in [0.29, 0.717) is 44.0 Å². The number of likely N-dealkylation sites (N-methyl/N-ethyl adjacent to an activating group) is 1. The van der Waals surface area contributed by atoms with Crippen molar-refractivity contribution in [2.24, 2.45) is 5.92 Å². The van der Waals surface area contributed by atoms with Crippen LogP contribution in [0.2, 0.25) is 0 Å². The summed E-state index contributed by atoms with van der Waals surface area (Å²) in [4.78, 5) is 14.3. The molecule has 1 amide bonds. The molecule has 2 aliphatic rings. The van der Waals surface area contributed by atoms with Crippen molar-refractivity contribution in [3.05, 3.63) is 24.3 Å². The molecule has 2 aliphatic heterocycles. The van der Waals surface area contributed by atoms with E-state index in [1.165, 1.54) is 10.6 Å². The van der Waals surface area contributed by atoms with E-state index in [-0.39, 0.29) is 24.5 Å². The van der Waals surface area contributed by atoms with Crippen molar-refractivity contribution in [2.45, 2.75) is 18.9 Å². The number of ether oxygens (including phenoxy) is 2. The highest BCUT2D eigenvalue weighted by molar-refractivity contribution is 7.88. The van der Waals surface area contributed by atoms with Gasteiger partial charge >= 0.3 is 0 Å². The Balaban J connectivity index is 1.58. The topological polar surface area (TPSA) is 76.2 Å². The molecule has 0 aromatic heterocycles. The van der Waals surface area contributed by atoms with Crippen LogP contribution in [-0.4, -0.2) is 69.2 Å². The van der Waals surface area contributed by atoms with Gasteiger partial charge in [0.1, 0.15) is 6.61 Å². The second kappa shape index (κ2) is 7.21. The van der Waals surface area contributed by atoms with Crippen molar-refractivity contribution < 1.29 is 22.7 Å². The fraction of sp³-hybridized carbons (Fsp3) is 0.588. The molecule has 2 unspecified atom stereocenters. The molecule has 2 heterocycles. The van der Waals surface area contributed by atoms with Crippen LogP contribution in [0.4, 0.5) is 0 Å². The van der Waals surface area contributed by atoms with Crippen molar-refractivity contribution in [1.82, 2.24) is 9.21 Å². The molecule has 7 nitrogen and oxygen atoms in total. The van der Waals surface area contributed by atoms with Crippen LogP contribution in [0.25, 0.3) is 0 Å². The van der Waals surface area contributed by atoms with Crippen LogP contribution in [0.15, 0.2) is 24.3 Å².